The summed E-state index contributed by atoms with van der Waals surface area (Å²) in [5, 5.41) is 21.2. The van der Waals surface area contributed by atoms with Crippen molar-refractivity contribution in [3.63, 3.8) is 0 Å². The van der Waals surface area contributed by atoms with Crippen LogP contribution in [0, 0.1) is 40.4 Å². The Morgan fingerprint density at radius 2 is 1.48 bits per heavy atom. The van der Waals surface area contributed by atoms with Gasteiger partial charge < -0.3 is 14.9 Å². The minimum atomic E-state index is -0.213. The smallest absolute Gasteiger partial charge is 0.0921 e. The molecular formula is C22H36O3. The van der Waals surface area contributed by atoms with E-state index in [1.54, 1.807) is 0 Å². The van der Waals surface area contributed by atoms with E-state index in [1.165, 1.54) is 25.7 Å². The largest absolute Gasteiger partial charge is 0.393 e. The molecule has 25 heavy (non-hydrogen) atoms. The van der Waals surface area contributed by atoms with E-state index in [0.29, 0.717) is 23.2 Å². The fourth-order valence-corrected chi connectivity index (χ4v) is 8.60. The summed E-state index contributed by atoms with van der Waals surface area (Å²) in [7, 11) is 0. The highest BCUT2D eigenvalue weighted by atomic mass is 16.6. The molecule has 0 bridgehead atoms. The molecule has 4 saturated carbocycles. The standard InChI is InChI=1S/C22H36O3/c1-20-8-6-13(23)10-17(20)18(24)11-14-15-4-5-19(22(3)12-25-22)21(15,2)9-7-16(14)20/h13-19,23-24H,4-12H2,1-3H3/t13-,14+,15+,16+,17+,18+,19+,20-,21+,22+/m1/s1. The summed E-state index contributed by atoms with van der Waals surface area (Å²) in [6, 6.07) is 0. The van der Waals surface area contributed by atoms with Gasteiger partial charge in [-0.05, 0) is 98.7 Å². The van der Waals surface area contributed by atoms with E-state index in [-0.39, 0.29) is 23.2 Å². The minimum absolute atomic E-state index is 0.144. The second-order valence-electron chi connectivity index (χ2n) is 11.0. The van der Waals surface area contributed by atoms with Crippen molar-refractivity contribution in [3.05, 3.63) is 0 Å². The van der Waals surface area contributed by atoms with E-state index in [4.69, 9.17) is 4.74 Å². The lowest BCUT2D eigenvalue weighted by Gasteiger charge is -2.62. The van der Waals surface area contributed by atoms with Crippen molar-refractivity contribution in [3.8, 4) is 0 Å². The molecule has 0 aromatic rings. The zero-order chi connectivity index (χ0) is 17.6. The average Bonchev–Trinajstić information content (AvgIpc) is 3.18. The van der Waals surface area contributed by atoms with Crippen LogP contribution in [-0.2, 0) is 4.74 Å². The van der Waals surface area contributed by atoms with Gasteiger partial charge in [-0.3, -0.25) is 0 Å². The van der Waals surface area contributed by atoms with E-state index in [9.17, 15) is 10.2 Å². The fourth-order valence-electron chi connectivity index (χ4n) is 8.60. The van der Waals surface area contributed by atoms with Gasteiger partial charge in [-0.25, -0.2) is 0 Å². The number of aliphatic hydroxyl groups is 2. The topological polar surface area (TPSA) is 53.0 Å². The van der Waals surface area contributed by atoms with Crippen LogP contribution in [0.1, 0.15) is 72.1 Å². The molecule has 5 aliphatic rings. The number of aliphatic hydroxyl groups excluding tert-OH is 2. The zero-order valence-corrected chi connectivity index (χ0v) is 16.2. The maximum atomic E-state index is 11.0. The molecule has 142 valence electrons. The van der Waals surface area contributed by atoms with Crippen LogP contribution in [0.5, 0.6) is 0 Å². The Hall–Kier alpha value is -0.120. The summed E-state index contributed by atoms with van der Waals surface area (Å²) >= 11 is 0. The van der Waals surface area contributed by atoms with Crippen molar-refractivity contribution in [2.75, 3.05) is 6.61 Å². The Morgan fingerprint density at radius 1 is 0.800 bits per heavy atom. The molecule has 1 aliphatic heterocycles. The van der Waals surface area contributed by atoms with Crippen LogP contribution in [0.15, 0.2) is 0 Å². The molecule has 0 radical (unpaired) electrons. The molecular weight excluding hydrogens is 312 g/mol. The van der Waals surface area contributed by atoms with Gasteiger partial charge in [0, 0.05) is 0 Å². The van der Waals surface area contributed by atoms with Crippen molar-refractivity contribution in [2.45, 2.75) is 89.9 Å². The number of hydrogen-bond acceptors (Lipinski definition) is 3. The fraction of sp³-hybridized carbons (Fsp3) is 1.00. The van der Waals surface area contributed by atoms with Gasteiger partial charge in [-0.2, -0.15) is 0 Å². The predicted octanol–water partition coefficient (Wildman–Crippen LogP) is 3.77. The molecule has 3 heteroatoms. The Labute approximate surface area is 152 Å². The highest BCUT2D eigenvalue weighted by Crippen LogP contribution is 2.69. The monoisotopic (exact) mass is 348 g/mol. The molecule has 0 spiro atoms. The SMILES string of the molecule is C[C@]12CC[C@@H](O)C[C@H]1[C@@H](O)C[C@@H]1[C@@H]2CC[C@@]2(C)[C@H]1CC[C@@H]2[C@]1(C)CO1. The molecule has 5 rings (SSSR count). The minimum Gasteiger partial charge on any atom is -0.393 e. The third-order valence-corrected chi connectivity index (χ3v) is 9.99. The quantitative estimate of drug-likeness (QED) is 0.709. The maximum Gasteiger partial charge on any atom is 0.0921 e. The highest BCUT2D eigenvalue weighted by molar-refractivity contribution is 5.14. The first-order valence-corrected chi connectivity index (χ1v) is 10.8. The number of epoxide rings is 1. The molecule has 5 fully saturated rings. The van der Waals surface area contributed by atoms with E-state index in [2.05, 4.69) is 20.8 Å². The predicted molar refractivity (Wildman–Crippen MR) is 97.0 cm³/mol. The van der Waals surface area contributed by atoms with E-state index < -0.39 is 0 Å². The van der Waals surface area contributed by atoms with E-state index in [1.807, 2.05) is 0 Å². The van der Waals surface area contributed by atoms with Gasteiger partial charge in [0.2, 0.25) is 0 Å². The number of hydrogen-bond donors (Lipinski definition) is 2. The third kappa shape index (κ3) is 2.21. The number of rotatable bonds is 1. The van der Waals surface area contributed by atoms with Crippen LogP contribution in [0.2, 0.25) is 0 Å². The molecule has 2 N–H and O–H groups in total. The summed E-state index contributed by atoms with van der Waals surface area (Å²) < 4.78 is 5.89. The van der Waals surface area contributed by atoms with Crippen molar-refractivity contribution < 1.29 is 14.9 Å². The lowest BCUT2D eigenvalue weighted by molar-refractivity contribution is -0.172. The van der Waals surface area contributed by atoms with Gasteiger partial charge in [-0.1, -0.05) is 13.8 Å². The summed E-state index contributed by atoms with van der Waals surface area (Å²) in [6.07, 6.45) is 8.72. The molecule has 0 amide bonds. The van der Waals surface area contributed by atoms with Crippen molar-refractivity contribution in [2.24, 2.45) is 40.4 Å². The molecule has 1 heterocycles. The third-order valence-electron chi connectivity index (χ3n) is 9.99. The van der Waals surface area contributed by atoms with Gasteiger partial charge in [0.1, 0.15) is 0 Å². The van der Waals surface area contributed by atoms with Gasteiger partial charge in [0.25, 0.3) is 0 Å². The Kier molecular flexibility index (Phi) is 3.56. The first-order valence-electron chi connectivity index (χ1n) is 10.8. The molecule has 0 aromatic heterocycles. The normalized spacial score (nSPS) is 63.5. The molecule has 0 unspecified atom stereocenters. The molecule has 1 saturated heterocycles. The first-order chi connectivity index (χ1) is 11.8. The number of fused-ring (bicyclic) bond motifs is 5. The molecule has 3 nitrogen and oxygen atoms in total. The lowest BCUT2D eigenvalue weighted by atomic mass is 9.44. The van der Waals surface area contributed by atoms with Crippen molar-refractivity contribution >= 4 is 0 Å². The number of ether oxygens (including phenoxy) is 1. The van der Waals surface area contributed by atoms with Crippen molar-refractivity contribution in [1.82, 2.24) is 0 Å². The second kappa shape index (κ2) is 5.23. The molecule has 0 aromatic carbocycles. The van der Waals surface area contributed by atoms with Gasteiger partial charge in [0.15, 0.2) is 0 Å². The second-order valence-corrected chi connectivity index (χ2v) is 11.0. The molecule has 10 atom stereocenters. The van der Waals surface area contributed by atoms with Gasteiger partial charge in [-0.15, -0.1) is 0 Å². The van der Waals surface area contributed by atoms with Crippen LogP contribution in [0.4, 0.5) is 0 Å². The highest BCUT2D eigenvalue weighted by Gasteiger charge is 2.66. The van der Waals surface area contributed by atoms with E-state index >= 15 is 0 Å². The van der Waals surface area contributed by atoms with Crippen LogP contribution in [-0.4, -0.2) is 34.6 Å². The zero-order valence-electron chi connectivity index (χ0n) is 16.2. The Balaban J connectivity index is 1.46. The summed E-state index contributed by atoms with van der Waals surface area (Å²) in [5.41, 5.74) is 0.787. The van der Waals surface area contributed by atoms with Crippen molar-refractivity contribution in [1.29, 1.82) is 0 Å². The maximum absolute atomic E-state index is 11.0. The van der Waals surface area contributed by atoms with Crippen LogP contribution < -0.4 is 0 Å². The summed E-state index contributed by atoms with van der Waals surface area (Å²) in [4.78, 5) is 0. The summed E-state index contributed by atoms with van der Waals surface area (Å²) in [6.45, 7) is 8.27. The average molecular weight is 349 g/mol. The molecule has 4 aliphatic carbocycles. The van der Waals surface area contributed by atoms with Crippen LogP contribution in [0.3, 0.4) is 0 Å². The Morgan fingerprint density at radius 3 is 2.20 bits per heavy atom. The Bertz CT molecular complexity index is 557. The van der Waals surface area contributed by atoms with Gasteiger partial charge >= 0.3 is 0 Å². The summed E-state index contributed by atoms with van der Waals surface area (Å²) in [5.74, 6) is 3.21. The van der Waals surface area contributed by atoms with E-state index in [0.717, 1.165) is 44.1 Å². The first kappa shape index (κ1) is 17.0. The van der Waals surface area contributed by atoms with Crippen LogP contribution >= 0.6 is 0 Å². The van der Waals surface area contributed by atoms with Gasteiger partial charge in [0.05, 0.1) is 24.4 Å². The lowest BCUT2D eigenvalue weighted by Crippen LogP contribution is -2.58. The van der Waals surface area contributed by atoms with Crippen LogP contribution in [0.25, 0.3) is 0 Å².